The first kappa shape index (κ1) is 34.0. The van der Waals surface area contributed by atoms with Gasteiger partial charge in [-0.25, -0.2) is 4.98 Å². The van der Waals surface area contributed by atoms with Gasteiger partial charge >= 0.3 is 0 Å². The maximum absolute atomic E-state index is 10.5. The fraction of sp³-hybridized carbons (Fsp3) is 0.0488. The van der Waals surface area contributed by atoms with Gasteiger partial charge in [0.2, 0.25) is 0 Å². The lowest BCUT2D eigenvalue weighted by Crippen LogP contribution is -2.32. The maximum atomic E-state index is 10.5. The average Bonchev–Trinajstić information content (AvgIpc) is 1.56. The molecular formula is C82H57N5O. The van der Waals surface area contributed by atoms with Gasteiger partial charge in [-0.05, 0) is 169 Å². The van der Waals surface area contributed by atoms with Crippen LogP contribution in [0.15, 0.2) is 291 Å². The molecule has 0 N–H and O–H groups in total. The molecule has 0 unspecified atom stereocenters. The summed E-state index contributed by atoms with van der Waals surface area (Å²) < 4.78 is 214. The lowest BCUT2D eigenvalue weighted by atomic mass is 9.87. The minimum atomic E-state index is -0.916. The van der Waals surface area contributed by atoms with E-state index in [1.807, 2.05) is 108 Å². The van der Waals surface area contributed by atoms with Gasteiger partial charge in [-0.1, -0.05) is 208 Å². The van der Waals surface area contributed by atoms with Crippen LogP contribution in [0.3, 0.4) is 0 Å². The number of nitrogens with zero attached hydrogens (tertiary/aromatic N) is 5. The van der Waals surface area contributed by atoms with Gasteiger partial charge in [0.1, 0.15) is 17.3 Å². The molecule has 416 valence electrons. The van der Waals surface area contributed by atoms with E-state index in [1.54, 1.807) is 51.7 Å². The predicted octanol–water partition coefficient (Wildman–Crippen LogP) is 20.7. The molecule has 0 bridgehead atoms. The lowest BCUT2D eigenvalue weighted by molar-refractivity contribution is -0.571. The lowest BCUT2D eigenvalue weighted by Gasteiger charge is -2.20. The van der Waals surface area contributed by atoms with Gasteiger partial charge in [-0.2, -0.15) is 0 Å². The van der Waals surface area contributed by atoms with Gasteiger partial charge < -0.3 is 9.30 Å². The molecule has 5 heterocycles. The third-order valence-electron chi connectivity index (χ3n) is 16.3. The number of imidazole rings is 1. The van der Waals surface area contributed by atoms with Crippen molar-refractivity contribution >= 4 is 54.6 Å². The highest BCUT2D eigenvalue weighted by Crippen LogP contribution is 2.47. The van der Waals surface area contributed by atoms with Gasteiger partial charge in [0.15, 0.2) is 0 Å². The van der Waals surface area contributed by atoms with E-state index in [0.29, 0.717) is 34.0 Å². The summed E-state index contributed by atoms with van der Waals surface area (Å²) in [6.45, 7) is 6.40. The van der Waals surface area contributed by atoms with Crippen LogP contribution in [0.25, 0.3) is 144 Å². The Bertz CT molecular complexity index is 6580. The molecule has 0 saturated heterocycles. The smallest absolute Gasteiger partial charge is 0.269 e. The first-order valence-electron chi connectivity index (χ1n) is 39.0. The van der Waals surface area contributed by atoms with E-state index >= 15 is 0 Å². The summed E-state index contributed by atoms with van der Waals surface area (Å²) in [5, 5.41) is 3.57. The Labute approximate surface area is 539 Å². The Morgan fingerprint density at radius 3 is 1.58 bits per heavy atom. The van der Waals surface area contributed by atoms with Crippen molar-refractivity contribution in [2.24, 2.45) is 0 Å². The molecule has 0 atom stereocenters. The summed E-state index contributed by atoms with van der Waals surface area (Å²) >= 11 is 0. The molecule has 1 aliphatic heterocycles. The summed E-state index contributed by atoms with van der Waals surface area (Å²) in [5.74, 6) is 1.38. The molecule has 4 aromatic heterocycles. The minimum absolute atomic E-state index is 0.0647. The molecule has 1 aliphatic rings. The summed E-state index contributed by atoms with van der Waals surface area (Å²) in [7, 11) is 0. The number of para-hydroxylation sites is 4. The second kappa shape index (κ2) is 20.2. The van der Waals surface area contributed by atoms with Crippen LogP contribution in [0.4, 0.5) is 0 Å². The Morgan fingerprint density at radius 2 is 0.955 bits per heavy atom. The molecule has 88 heavy (non-hydrogen) atoms. The quantitative estimate of drug-likeness (QED) is 0.112. The van der Waals surface area contributed by atoms with E-state index in [4.69, 9.17) is 17.9 Å². The van der Waals surface area contributed by atoms with E-state index in [9.17, 15) is 20.6 Å². The van der Waals surface area contributed by atoms with Crippen LogP contribution in [0.2, 0.25) is 0 Å². The van der Waals surface area contributed by atoms with Gasteiger partial charge in [0, 0.05) is 33.8 Å². The number of ether oxygens (including phenoxy) is 1. The molecule has 0 spiro atoms. The fourth-order valence-corrected chi connectivity index (χ4v) is 12.4. The number of rotatable bonds is 8. The zero-order chi connectivity index (χ0) is 76.9. The molecule has 0 radical (unpaired) electrons. The molecular weight excluding hydrogens is 1070 g/mol. The fourth-order valence-electron chi connectivity index (χ4n) is 12.4. The Kier molecular flexibility index (Phi) is 7.78. The number of pyridine rings is 1. The van der Waals surface area contributed by atoms with Crippen LogP contribution in [-0.2, 0) is 5.41 Å². The van der Waals surface area contributed by atoms with Crippen molar-refractivity contribution in [2.45, 2.75) is 26.2 Å². The number of hydrogen-bond donors (Lipinski definition) is 0. The second-order valence-electron chi connectivity index (χ2n) is 22.5. The maximum Gasteiger partial charge on any atom is 0.269 e. The monoisotopic (exact) mass is 1150 g/mol. The highest BCUT2D eigenvalue weighted by atomic mass is 16.5. The summed E-state index contributed by atoms with van der Waals surface area (Å²) in [5.41, 5.74) is 0.144. The zero-order valence-electron chi connectivity index (χ0n) is 68.2. The minimum Gasteiger partial charge on any atom is -0.458 e. The molecule has 0 fully saturated rings. The summed E-state index contributed by atoms with van der Waals surface area (Å²) in [6, 6.07) is 31.2. The van der Waals surface area contributed by atoms with Crippen LogP contribution in [-0.4, -0.2) is 18.7 Å². The third kappa shape index (κ3) is 8.32. The van der Waals surface area contributed by atoms with Gasteiger partial charge in [-0.3, -0.25) is 13.7 Å². The molecule has 12 aromatic carbocycles. The van der Waals surface area contributed by atoms with E-state index in [1.165, 1.54) is 12.1 Å². The van der Waals surface area contributed by atoms with Crippen molar-refractivity contribution < 1.29 is 38.1 Å². The number of aromatic nitrogens is 5. The molecule has 6 heteroatoms. The zero-order valence-corrected chi connectivity index (χ0v) is 47.2. The topological polar surface area (TPSA) is 40.8 Å². The second-order valence-corrected chi connectivity index (χ2v) is 22.5. The molecule has 16 aromatic rings. The first-order valence-corrected chi connectivity index (χ1v) is 28.5. The van der Waals surface area contributed by atoms with E-state index in [-0.39, 0.29) is 61.3 Å². The largest absolute Gasteiger partial charge is 0.458 e. The number of fused-ring (bicyclic) bond motifs is 13. The average molecular weight is 1150 g/mol. The Morgan fingerprint density at radius 1 is 0.420 bits per heavy atom. The van der Waals surface area contributed by atoms with E-state index < -0.39 is 160 Å². The van der Waals surface area contributed by atoms with Crippen molar-refractivity contribution in [2.75, 3.05) is 0 Å². The SMILES string of the molecule is [2H]c1c([2H])c([2H])c(-c2c([2H])c(-c3cc4c5c(c3)n(-c3cccc(Oc6ccc7c8ccccc8n(-c8cc(C(C)(C)C)ccn8)c7c6)c3)[c-][n+]5-c3c(cccc3-n3c5ccccc5c5ccccc53)-c3c([2H])c([2H])c([2H])c([2H])c3-c3c([2H])c([2H])c([2H])c([2H])c3-4)c([2H])c(-c3c([2H])c([2H])c([2H])c([2H])c3[2H])c2[2H])c([2H])c1[2H]. The van der Waals surface area contributed by atoms with Gasteiger partial charge in [-0.15, -0.1) is 0 Å². The number of hydrogen-bond acceptors (Lipinski definition) is 2. The molecule has 17 rings (SSSR count). The van der Waals surface area contributed by atoms with Crippen molar-refractivity contribution in [3.05, 3.63) is 303 Å². The van der Waals surface area contributed by atoms with Crippen molar-refractivity contribution in [1.82, 2.24) is 18.7 Å². The summed E-state index contributed by atoms with van der Waals surface area (Å²) in [6.07, 6.45) is 5.43. The third-order valence-corrected chi connectivity index (χ3v) is 16.3. The van der Waals surface area contributed by atoms with E-state index in [0.717, 1.165) is 38.1 Å². The van der Waals surface area contributed by atoms with Gasteiger partial charge in [0.25, 0.3) is 6.33 Å². The first-order chi connectivity index (χ1) is 52.0. The van der Waals surface area contributed by atoms with Crippen molar-refractivity contribution in [3.8, 4) is 101 Å². The van der Waals surface area contributed by atoms with Crippen LogP contribution in [0.5, 0.6) is 11.5 Å². The molecule has 6 nitrogen and oxygen atoms in total. The normalized spacial score (nSPS) is 15.4. The van der Waals surface area contributed by atoms with E-state index in [2.05, 4.69) is 37.7 Å². The number of benzene rings is 12. The standard InChI is InChI=1S/C82H57N5O/c1-82(2,3)59-42-43-83-79(49-59)87-75-38-19-16-34-69(75)70-41-40-62(51-77(70)87)88-61-27-20-26-60(50-61)84-52-85-80-71(35-21-39-76(80)86-73-36-17-14-32-67(73)68-33-15-18-37-74(68)86)65-30-12-10-28-63(65)64-29-11-13-31-66(64)72-47-58(48-78(84)81(72)85)57-45-55(53-22-6-4-7-23-53)44-56(46-57)54-24-8-5-9-25-54/h4-51H,1-3H3/i4D,5D,6D,7D,8D,9D,10D,11D,12D,13D,22D,23D,24D,25D,28D,29D,30D,31D,44D,45D,46D. The molecule has 0 aliphatic carbocycles. The highest BCUT2D eigenvalue weighted by Gasteiger charge is 2.29. The van der Waals surface area contributed by atoms with Crippen molar-refractivity contribution in [1.29, 1.82) is 0 Å². The Hall–Kier alpha value is -11.3. The predicted molar refractivity (Wildman–Crippen MR) is 362 cm³/mol. The van der Waals surface area contributed by atoms with Crippen LogP contribution in [0.1, 0.15) is 55.1 Å². The highest BCUT2D eigenvalue weighted by molar-refractivity contribution is 6.11. The Balaban J connectivity index is 1.04. The molecule has 0 amide bonds. The van der Waals surface area contributed by atoms with Gasteiger partial charge in [0.05, 0.1) is 78.9 Å². The molecule has 0 saturated carbocycles. The van der Waals surface area contributed by atoms with Crippen LogP contribution < -0.4 is 9.30 Å². The van der Waals surface area contributed by atoms with Crippen molar-refractivity contribution in [3.63, 3.8) is 0 Å². The van der Waals surface area contributed by atoms with Crippen LogP contribution >= 0.6 is 0 Å². The van der Waals surface area contributed by atoms with Crippen LogP contribution in [0, 0.1) is 6.33 Å². The summed E-state index contributed by atoms with van der Waals surface area (Å²) in [4.78, 5) is 4.88.